The Hall–Kier alpha value is -0.680. The molecule has 1 aromatic heterocycles. The van der Waals surface area contributed by atoms with Crippen molar-refractivity contribution >= 4 is 27.3 Å². The van der Waals surface area contributed by atoms with Crippen molar-refractivity contribution in [2.75, 3.05) is 26.3 Å². The highest BCUT2D eigenvalue weighted by Crippen LogP contribution is 2.36. The molecule has 0 aliphatic carbocycles. The Morgan fingerprint density at radius 1 is 1.16 bits per heavy atom. The average Bonchev–Trinajstić information content (AvgIpc) is 2.82. The number of ether oxygens (including phenoxy) is 1. The van der Waals surface area contributed by atoms with Gasteiger partial charge in [0, 0.05) is 24.5 Å². The van der Waals surface area contributed by atoms with Crippen molar-refractivity contribution in [3.05, 3.63) is 45.7 Å². The second-order valence-corrected chi connectivity index (χ2v) is 7.09. The molecule has 19 heavy (non-hydrogen) atoms. The molecule has 0 bridgehead atoms. The van der Waals surface area contributed by atoms with Crippen molar-refractivity contribution in [1.82, 2.24) is 4.90 Å². The van der Waals surface area contributed by atoms with Crippen LogP contribution in [0, 0.1) is 0 Å². The molecule has 0 spiro atoms. The lowest BCUT2D eigenvalue weighted by molar-refractivity contribution is 0.0343. The summed E-state index contributed by atoms with van der Waals surface area (Å²) in [6, 6.07) is 12.9. The van der Waals surface area contributed by atoms with Gasteiger partial charge in [-0.3, -0.25) is 4.90 Å². The van der Waals surface area contributed by atoms with E-state index in [1.165, 1.54) is 19.8 Å². The zero-order valence-electron chi connectivity index (χ0n) is 10.6. The maximum absolute atomic E-state index is 5.41. The molecule has 100 valence electrons. The number of morpholine rings is 1. The molecule has 2 heterocycles. The fourth-order valence-electron chi connectivity index (χ4n) is 2.35. The summed E-state index contributed by atoms with van der Waals surface area (Å²) in [7, 11) is 0. The summed E-state index contributed by atoms with van der Waals surface area (Å²) in [5, 5.41) is 0. The molecule has 0 N–H and O–H groups in total. The van der Waals surface area contributed by atoms with Crippen LogP contribution in [0.5, 0.6) is 0 Å². The number of thiophene rings is 1. The third kappa shape index (κ3) is 3.26. The highest BCUT2D eigenvalue weighted by atomic mass is 79.9. The summed E-state index contributed by atoms with van der Waals surface area (Å²) in [4.78, 5) is 3.84. The van der Waals surface area contributed by atoms with Gasteiger partial charge in [-0.1, -0.05) is 30.3 Å². The molecule has 1 fully saturated rings. The van der Waals surface area contributed by atoms with E-state index >= 15 is 0 Å². The molecule has 2 nitrogen and oxygen atoms in total. The van der Waals surface area contributed by atoms with E-state index in [2.05, 4.69) is 57.2 Å². The van der Waals surface area contributed by atoms with E-state index in [1.54, 1.807) is 0 Å². The van der Waals surface area contributed by atoms with Crippen LogP contribution in [0.1, 0.15) is 5.56 Å². The predicted molar refractivity (Wildman–Crippen MR) is 83.6 cm³/mol. The topological polar surface area (TPSA) is 12.5 Å². The molecule has 0 atom stereocenters. The van der Waals surface area contributed by atoms with Crippen LogP contribution >= 0.6 is 27.3 Å². The Morgan fingerprint density at radius 3 is 2.63 bits per heavy atom. The number of hydrogen-bond donors (Lipinski definition) is 0. The van der Waals surface area contributed by atoms with Crippen LogP contribution < -0.4 is 0 Å². The number of rotatable bonds is 3. The molecule has 0 amide bonds. The zero-order chi connectivity index (χ0) is 13.1. The summed E-state index contributed by atoms with van der Waals surface area (Å²) in [5.74, 6) is 0. The van der Waals surface area contributed by atoms with Crippen LogP contribution in [0.25, 0.3) is 10.4 Å². The second kappa shape index (κ2) is 6.18. The van der Waals surface area contributed by atoms with Crippen molar-refractivity contribution in [3.63, 3.8) is 0 Å². The minimum Gasteiger partial charge on any atom is -0.379 e. The number of nitrogens with zero attached hydrogens (tertiary/aromatic N) is 1. The lowest BCUT2D eigenvalue weighted by atomic mass is 10.1. The van der Waals surface area contributed by atoms with Gasteiger partial charge in [-0.05, 0) is 33.1 Å². The lowest BCUT2D eigenvalue weighted by Crippen LogP contribution is -2.35. The minimum atomic E-state index is 0.853. The van der Waals surface area contributed by atoms with Crippen molar-refractivity contribution < 1.29 is 4.74 Å². The Morgan fingerprint density at radius 2 is 1.89 bits per heavy atom. The fourth-order valence-corrected chi connectivity index (χ4v) is 4.01. The van der Waals surface area contributed by atoms with Gasteiger partial charge in [-0.15, -0.1) is 11.3 Å². The first-order valence-electron chi connectivity index (χ1n) is 6.46. The minimum absolute atomic E-state index is 0.853. The van der Waals surface area contributed by atoms with E-state index in [0.29, 0.717) is 0 Å². The van der Waals surface area contributed by atoms with Gasteiger partial charge in [-0.2, -0.15) is 0 Å². The molecule has 1 aromatic carbocycles. The van der Waals surface area contributed by atoms with Crippen molar-refractivity contribution in [3.8, 4) is 10.4 Å². The quantitative estimate of drug-likeness (QED) is 0.838. The molecule has 0 radical (unpaired) electrons. The maximum Gasteiger partial charge on any atom is 0.0708 e. The van der Waals surface area contributed by atoms with Gasteiger partial charge in [0.05, 0.1) is 17.0 Å². The zero-order valence-corrected chi connectivity index (χ0v) is 13.0. The molecule has 0 saturated carbocycles. The van der Waals surface area contributed by atoms with Crippen LogP contribution in [-0.4, -0.2) is 31.2 Å². The van der Waals surface area contributed by atoms with Gasteiger partial charge < -0.3 is 4.74 Å². The van der Waals surface area contributed by atoms with Gasteiger partial charge >= 0.3 is 0 Å². The summed E-state index contributed by atoms with van der Waals surface area (Å²) >= 11 is 5.44. The molecule has 1 aliphatic rings. The number of halogens is 1. The van der Waals surface area contributed by atoms with E-state index < -0.39 is 0 Å². The normalized spacial score (nSPS) is 16.7. The Bertz CT molecular complexity index is 534. The van der Waals surface area contributed by atoms with Gasteiger partial charge in [0.1, 0.15) is 0 Å². The summed E-state index contributed by atoms with van der Waals surface area (Å²) in [6.07, 6.45) is 0. The van der Waals surface area contributed by atoms with E-state index in [4.69, 9.17) is 4.74 Å². The number of hydrogen-bond acceptors (Lipinski definition) is 3. The van der Waals surface area contributed by atoms with E-state index in [0.717, 1.165) is 32.8 Å². The van der Waals surface area contributed by atoms with Gasteiger partial charge in [0.25, 0.3) is 0 Å². The first-order chi connectivity index (χ1) is 9.33. The van der Waals surface area contributed by atoms with Crippen LogP contribution in [0.4, 0.5) is 0 Å². The van der Waals surface area contributed by atoms with Crippen LogP contribution in [-0.2, 0) is 11.3 Å². The molecule has 0 unspecified atom stereocenters. The summed E-state index contributed by atoms with van der Waals surface area (Å²) in [6.45, 7) is 4.77. The molecule has 3 rings (SSSR count). The average molecular weight is 338 g/mol. The lowest BCUT2D eigenvalue weighted by Gasteiger charge is -2.26. The molecule has 1 aliphatic heterocycles. The van der Waals surface area contributed by atoms with Crippen molar-refractivity contribution in [2.24, 2.45) is 0 Å². The van der Waals surface area contributed by atoms with Gasteiger partial charge in [0.2, 0.25) is 0 Å². The van der Waals surface area contributed by atoms with Crippen LogP contribution in [0.3, 0.4) is 0 Å². The smallest absolute Gasteiger partial charge is 0.0708 e. The van der Waals surface area contributed by atoms with Gasteiger partial charge in [-0.25, -0.2) is 0 Å². The second-order valence-electron chi connectivity index (χ2n) is 4.66. The van der Waals surface area contributed by atoms with Crippen LogP contribution in [0.15, 0.2) is 40.2 Å². The summed E-state index contributed by atoms with van der Waals surface area (Å²) in [5.41, 5.74) is 2.71. The van der Waals surface area contributed by atoms with Crippen LogP contribution in [0.2, 0.25) is 0 Å². The van der Waals surface area contributed by atoms with E-state index in [1.807, 2.05) is 11.3 Å². The highest BCUT2D eigenvalue weighted by molar-refractivity contribution is 9.11. The fraction of sp³-hybridized carbons (Fsp3) is 0.333. The largest absolute Gasteiger partial charge is 0.379 e. The monoisotopic (exact) mass is 337 g/mol. The Kier molecular flexibility index (Phi) is 4.33. The molecule has 1 saturated heterocycles. The highest BCUT2D eigenvalue weighted by Gasteiger charge is 2.15. The Labute approximate surface area is 126 Å². The third-order valence-corrected chi connectivity index (χ3v) is 5.04. The van der Waals surface area contributed by atoms with E-state index in [-0.39, 0.29) is 0 Å². The number of benzene rings is 1. The standard InChI is InChI=1S/C15H16BrNOS/c16-14-10-13(11-17-6-8-18-9-7-17)15(19-14)12-4-2-1-3-5-12/h1-5,10H,6-9,11H2. The molecule has 4 heteroatoms. The Balaban J connectivity index is 1.85. The van der Waals surface area contributed by atoms with E-state index in [9.17, 15) is 0 Å². The van der Waals surface area contributed by atoms with Crippen molar-refractivity contribution in [2.45, 2.75) is 6.54 Å². The maximum atomic E-state index is 5.41. The van der Waals surface area contributed by atoms with Gasteiger partial charge in [0.15, 0.2) is 0 Å². The summed E-state index contributed by atoms with van der Waals surface area (Å²) < 4.78 is 6.61. The third-order valence-electron chi connectivity index (χ3n) is 3.31. The first kappa shape index (κ1) is 13.3. The van der Waals surface area contributed by atoms with Crippen molar-refractivity contribution in [1.29, 1.82) is 0 Å². The predicted octanol–water partition coefficient (Wildman–Crippen LogP) is 4.01. The molecular weight excluding hydrogens is 322 g/mol. The molecular formula is C15H16BrNOS. The SMILES string of the molecule is Brc1cc(CN2CCOCC2)c(-c2ccccc2)s1. The molecule has 2 aromatic rings. The first-order valence-corrected chi connectivity index (χ1v) is 8.07.